The summed E-state index contributed by atoms with van der Waals surface area (Å²) < 4.78 is 38.3. The van der Waals surface area contributed by atoms with Gasteiger partial charge in [0.05, 0.1) is 5.56 Å². The second-order valence-electron chi connectivity index (χ2n) is 5.73. The fourth-order valence-electron chi connectivity index (χ4n) is 2.52. The Kier molecular flexibility index (Phi) is 6.04. The van der Waals surface area contributed by atoms with E-state index in [9.17, 15) is 22.8 Å². The number of anilines is 1. The van der Waals surface area contributed by atoms with E-state index in [1.165, 1.54) is 28.4 Å². The Hall–Kier alpha value is -2.40. The smallest absolute Gasteiger partial charge is 0.326 e. The number of amides is 2. The molecule has 148 valence electrons. The molecule has 1 aliphatic rings. The molecule has 0 spiro atoms. The van der Waals surface area contributed by atoms with Crippen molar-refractivity contribution in [2.45, 2.75) is 24.8 Å². The first-order valence-corrected chi connectivity index (χ1v) is 9.97. The second kappa shape index (κ2) is 8.31. The molecule has 1 aromatic carbocycles. The van der Waals surface area contributed by atoms with Crippen LogP contribution >= 0.6 is 23.1 Å². The van der Waals surface area contributed by atoms with E-state index in [-0.39, 0.29) is 18.0 Å². The molecule has 2 heterocycles. The molecule has 2 aromatic rings. The molecule has 0 saturated carbocycles. The van der Waals surface area contributed by atoms with Gasteiger partial charge in [0.1, 0.15) is 5.25 Å². The number of rotatable bonds is 5. The topological polar surface area (TPSA) is 74.7 Å². The monoisotopic (exact) mass is 428 g/mol. The van der Waals surface area contributed by atoms with E-state index in [4.69, 9.17) is 0 Å². The van der Waals surface area contributed by atoms with Crippen LogP contribution in [0.25, 0.3) is 0 Å². The number of hydrogen-bond acceptors (Lipinski definition) is 6. The predicted octanol–water partition coefficient (Wildman–Crippen LogP) is 4.14. The van der Waals surface area contributed by atoms with Crippen molar-refractivity contribution >= 4 is 50.9 Å². The largest absolute Gasteiger partial charge is 0.416 e. The van der Waals surface area contributed by atoms with E-state index in [0.29, 0.717) is 16.8 Å². The second-order valence-corrected chi connectivity index (χ2v) is 7.77. The van der Waals surface area contributed by atoms with Gasteiger partial charge in [-0.3, -0.25) is 14.5 Å². The number of alkyl halides is 3. The Morgan fingerprint density at radius 1 is 1.39 bits per heavy atom. The number of carbonyl (C=O) groups is 2. The van der Waals surface area contributed by atoms with Gasteiger partial charge < -0.3 is 5.32 Å². The molecule has 1 N–H and O–H groups in total. The summed E-state index contributed by atoms with van der Waals surface area (Å²) in [7, 11) is 0. The summed E-state index contributed by atoms with van der Waals surface area (Å²) in [6.07, 6.45) is -3.07. The average Bonchev–Trinajstić information content (AvgIpc) is 3.23. The summed E-state index contributed by atoms with van der Waals surface area (Å²) >= 11 is 2.47. The number of benzene rings is 1. The highest BCUT2D eigenvalue weighted by atomic mass is 32.2. The summed E-state index contributed by atoms with van der Waals surface area (Å²) in [6.45, 7) is 2.18. The summed E-state index contributed by atoms with van der Waals surface area (Å²) in [5.41, 5.74) is -0.828. The van der Waals surface area contributed by atoms with Gasteiger partial charge in [0, 0.05) is 30.2 Å². The predicted molar refractivity (Wildman–Crippen MR) is 103 cm³/mol. The number of nitrogens with one attached hydrogen (secondary N) is 1. The maximum atomic E-state index is 12.8. The first-order chi connectivity index (χ1) is 13.3. The third kappa shape index (κ3) is 4.71. The van der Waals surface area contributed by atoms with Gasteiger partial charge in [0.25, 0.3) is 0 Å². The molecule has 1 unspecified atom stereocenters. The van der Waals surface area contributed by atoms with Gasteiger partial charge in [-0.15, -0.1) is 11.3 Å². The van der Waals surface area contributed by atoms with Crippen molar-refractivity contribution < 1.29 is 22.8 Å². The number of aliphatic imine (C=N–C) groups is 1. The maximum Gasteiger partial charge on any atom is 0.416 e. The van der Waals surface area contributed by atoms with Crippen LogP contribution in [-0.2, 0) is 15.8 Å². The summed E-state index contributed by atoms with van der Waals surface area (Å²) in [5.74, 6) is -0.807. The third-order valence-corrected chi connectivity index (χ3v) is 5.63. The van der Waals surface area contributed by atoms with Crippen LogP contribution in [0.1, 0.15) is 18.9 Å². The minimum absolute atomic E-state index is 0.0271. The van der Waals surface area contributed by atoms with E-state index in [2.05, 4.69) is 15.3 Å². The molecule has 1 fully saturated rings. The van der Waals surface area contributed by atoms with E-state index in [0.717, 1.165) is 23.9 Å². The van der Waals surface area contributed by atoms with E-state index in [1.807, 2.05) is 0 Å². The van der Waals surface area contributed by atoms with Crippen LogP contribution in [0.3, 0.4) is 0 Å². The minimum Gasteiger partial charge on any atom is -0.326 e. The normalized spacial score (nSPS) is 18.7. The Bertz CT molecular complexity index is 900. The summed E-state index contributed by atoms with van der Waals surface area (Å²) in [6, 6.07) is 4.36. The highest BCUT2D eigenvalue weighted by Crippen LogP contribution is 2.33. The quantitative estimate of drug-likeness (QED) is 0.777. The molecule has 6 nitrogen and oxygen atoms in total. The number of thioether (sulfide) groups is 1. The molecule has 3 rings (SSSR count). The molecule has 2 amide bonds. The number of aromatic nitrogens is 1. The lowest BCUT2D eigenvalue weighted by Crippen LogP contribution is -2.33. The number of thiazole rings is 1. The molecule has 11 heteroatoms. The molecule has 0 radical (unpaired) electrons. The fourth-order valence-corrected chi connectivity index (χ4v) is 4.29. The van der Waals surface area contributed by atoms with Gasteiger partial charge in [0.2, 0.25) is 16.9 Å². The SMILES string of the molecule is CCN1C(=O)C(CC(=O)Nc2cccc(C(F)(F)F)c2)SC1=Nc1nccs1. The van der Waals surface area contributed by atoms with Crippen LogP contribution in [0, 0.1) is 0 Å². The highest BCUT2D eigenvalue weighted by molar-refractivity contribution is 8.15. The Morgan fingerprint density at radius 2 is 2.18 bits per heavy atom. The maximum absolute atomic E-state index is 12.8. The number of hydrogen-bond donors (Lipinski definition) is 1. The molecule has 0 aliphatic carbocycles. The highest BCUT2D eigenvalue weighted by Gasteiger charge is 2.38. The standard InChI is InChI=1S/C17H15F3N4O2S2/c1-2-24-14(26)12(28-16(24)23-15-21-6-7-27-15)9-13(25)22-11-5-3-4-10(8-11)17(18,19)20/h3-8,12H,2,9H2,1H3,(H,22,25). The van der Waals surface area contributed by atoms with Gasteiger partial charge in [-0.05, 0) is 25.1 Å². The van der Waals surface area contributed by atoms with Crippen molar-refractivity contribution in [1.29, 1.82) is 0 Å². The zero-order valence-corrected chi connectivity index (χ0v) is 16.2. The first kappa shape index (κ1) is 20.3. The van der Waals surface area contributed by atoms with E-state index in [1.54, 1.807) is 18.5 Å². The minimum atomic E-state index is -4.50. The molecular weight excluding hydrogens is 413 g/mol. The molecule has 1 atom stereocenters. The molecular formula is C17H15F3N4O2S2. The molecule has 0 bridgehead atoms. The number of nitrogens with zero attached hydrogens (tertiary/aromatic N) is 3. The number of halogens is 3. The first-order valence-electron chi connectivity index (χ1n) is 8.21. The van der Waals surface area contributed by atoms with Crippen molar-refractivity contribution in [2.24, 2.45) is 4.99 Å². The van der Waals surface area contributed by atoms with Crippen molar-refractivity contribution in [3.05, 3.63) is 41.4 Å². The van der Waals surface area contributed by atoms with Gasteiger partial charge in [-0.2, -0.15) is 18.2 Å². The molecule has 1 aliphatic heterocycles. The van der Waals surface area contributed by atoms with Gasteiger partial charge in [-0.25, -0.2) is 4.98 Å². The Morgan fingerprint density at radius 3 is 2.82 bits per heavy atom. The zero-order valence-electron chi connectivity index (χ0n) is 14.6. The number of amidine groups is 1. The lowest BCUT2D eigenvalue weighted by molar-refractivity contribution is -0.137. The summed E-state index contributed by atoms with van der Waals surface area (Å²) in [5, 5.41) is 4.45. The fraction of sp³-hybridized carbons (Fsp3) is 0.294. The van der Waals surface area contributed by atoms with Gasteiger partial charge in [-0.1, -0.05) is 17.8 Å². The van der Waals surface area contributed by atoms with Gasteiger partial charge in [0.15, 0.2) is 5.17 Å². The van der Waals surface area contributed by atoms with Crippen LogP contribution in [0.15, 0.2) is 40.8 Å². The van der Waals surface area contributed by atoms with Crippen LogP contribution in [0.2, 0.25) is 0 Å². The van der Waals surface area contributed by atoms with Crippen molar-refractivity contribution in [1.82, 2.24) is 9.88 Å². The average molecular weight is 428 g/mol. The number of carbonyl (C=O) groups excluding carboxylic acids is 2. The summed E-state index contributed by atoms with van der Waals surface area (Å²) in [4.78, 5) is 34.6. The van der Waals surface area contributed by atoms with Crippen LogP contribution < -0.4 is 5.32 Å². The molecule has 1 aromatic heterocycles. The van der Waals surface area contributed by atoms with Crippen molar-refractivity contribution in [2.75, 3.05) is 11.9 Å². The zero-order chi connectivity index (χ0) is 20.3. The van der Waals surface area contributed by atoms with Crippen molar-refractivity contribution in [3.63, 3.8) is 0 Å². The van der Waals surface area contributed by atoms with Crippen LogP contribution in [0.5, 0.6) is 0 Å². The Labute approximate surface area is 166 Å². The third-order valence-electron chi connectivity index (χ3n) is 3.79. The van der Waals surface area contributed by atoms with E-state index >= 15 is 0 Å². The molecule has 28 heavy (non-hydrogen) atoms. The van der Waals surface area contributed by atoms with Crippen LogP contribution in [0.4, 0.5) is 24.0 Å². The lowest BCUT2D eigenvalue weighted by atomic mass is 10.2. The van der Waals surface area contributed by atoms with Crippen molar-refractivity contribution in [3.8, 4) is 0 Å². The molecule has 1 saturated heterocycles. The Balaban J connectivity index is 1.68. The van der Waals surface area contributed by atoms with E-state index < -0.39 is 22.9 Å². The van der Waals surface area contributed by atoms with Crippen LogP contribution in [-0.4, -0.2) is 38.7 Å². The lowest BCUT2D eigenvalue weighted by Gasteiger charge is -2.13. The van der Waals surface area contributed by atoms with Gasteiger partial charge >= 0.3 is 6.18 Å².